The van der Waals surface area contributed by atoms with Crippen molar-refractivity contribution in [3.8, 4) is 0 Å². The Morgan fingerprint density at radius 2 is 1.88 bits per heavy atom. The Morgan fingerprint density at radius 3 is 2.50 bits per heavy atom. The van der Waals surface area contributed by atoms with Gasteiger partial charge in [-0.05, 0) is 51.4 Å². The maximum Gasteiger partial charge on any atom is 0.0754 e. The molecule has 1 aliphatic carbocycles. The van der Waals surface area contributed by atoms with Crippen molar-refractivity contribution in [2.24, 2.45) is 11.8 Å². The molecular formula is C15H26O. The van der Waals surface area contributed by atoms with Crippen LogP contribution in [0.25, 0.3) is 0 Å². The standard InChI is InChI=1S/C15H26O/c1-11(2)14-9-8-12(3)6-5-7-13(4)10-15(14)16/h6,10-11,14-16H,5,7-9H2,1-4H3/b12-6+,13-10-/t14-,15-/m1/s1. The Morgan fingerprint density at radius 1 is 1.19 bits per heavy atom. The molecule has 1 N–H and O–H groups in total. The zero-order valence-corrected chi connectivity index (χ0v) is 11.2. The molecule has 0 bridgehead atoms. The predicted octanol–water partition coefficient (Wildman–Crippen LogP) is 4.09. The highest BCUT2D eigenvalue weighted by molar-refractivity contribution is 5.08. The quantitative estimate of drug-likeness (QED) is 0.663. The maximum absolute atomic E-state index is 10.2. The molecule has 1 nitrogen and oxygen atoms in total. The lowest BCUT2D eigenvalue weighted by molar-refractivity contribution is 0.115. The van der Waals surface area contributed by atoms with Crippen molar-refractivity contribution in [1.82, 2.24) is 0 Å². The van der Waals surface area contributed by atoms with E-state index >= 15 is 0 Å². The van der Waals surface area contributed by atoms with Crippen molar-refractivity contribution in [3.63, 3.8) is 0 Å². The second kappa shape index (κ2) is 6.24. The summed E-state index contributed by atoms with van der Waals surface area (Å²) in [4.78, 5) is 0. The lowest BCUT2D eigenvalue weighted by Crippen LogP contribution is -2.24. The van der Waals surface area contributed by atoms with Crippen LogP contribution in [0.2, 0.25) is 0 Å². The predicted molar refractivity (Wildman–Crippen MR) is 70.3 cm³/mol. The fraction of sp³-hybridized carbons (Fsp3) is 0.733. The summed E-state index contributed by atoms with van der Waals surface area (Å²) in [6.07, 6.45) is 8.60. The number of hydrogen-bond acceptors (Lipinski definition) is 1. The molecule has 0 fully saturated rings. The third kappa shape index (κ3) is 4.13. The first-order valence-electron chi connectivity index (χ1n) is 6.51. The van der Waals surface area contributed by atoms with Crippen molar-refractivity contribution in [2.75, 3.05) is 0 Å². The topological polar surface area (TPSA) is 20.2 Å². The molecule has 0 saturated heterocycles. The number of aliphatic hydroxyl groups excluding tert-OH is 1. The highest BCUT2D eigenvalue weighted by Gasteiger charge is 2.21. The average molecular weight is 222 g/mol. The minimum absolute atomic E-state index is 0.258. The molecule has 2 atom stereocenters. The molecule has 0 aliphatic heterocycles. The zero-order chi connectivity index (χ0) is 12.1. The van der Waals surface area contributed by atoms with Gasteiger partial charge in [-0.3, -0.25) is 0 Å². The third-order valence-corrected chi connectivity index (χ3v) is 3.65. The molecule has 1 aliphatic rings. The fourth-order valence-corrected chi connectivity index (χ4v) is 2.44. The van der Waals surface area contributed by atoms with Crippen molar-refractivity contribution in [1.29, 1.82) is 0 Å². The molecule has 0 aromatic rings. The van der Waals surface area contributed by atoms with E-state index in [2.05, 4.69) is 39.8 Å². The van der Waals surface area contributed by atoms with Crippen LogP contribution in [0, 0.1) is 11.8 Å². The van der Waals surface area contributed by atoms with E-state index in [1.165, 1.54) is 11.1 Å². The monoisotopic (exact) mass is 222 g/mol. The minimum atomic E-state index is -0.258. The van der Waals surface area contributed by atoms with Crippen LogP contribution in [0.15, 0.2) is 23.3 Å². The van der Waals surface area contributed by atoms with Gasteiger partial charge in [0.05, 0.1) is 6.10 Å². The second-order valence-electron chi connectivity index (χ2n) is 5.54. The Labute approximate surface area is 100 Å². The molecule has 0 radical (unpaired) electrons. The molecule has 0 heterocycles. The van der Waals surface area contributed by atoms with Gasteiger partial charge >= 0.3 is 0 Å². The smallest absolute Gasteiger partial charge is 0.0754 e. The Kier molecular flexibility index (Phi) is 5.27. The summed E-state index contributed by atoms with van der Waals surface area (Å²) in [5.74, 6) is 0.947. The van der Waals surface area contributed by atoms with Gasteiger partial charge in [-0.15, -0.1) is 0 Å². The van der Waals surface area contributed by atoms with Crippen molar-refractivity contribution < 1.29 is 5.11 Å². The van der Waals surface area contributed by atoms with E-state index in [-0.39, 0.29) is 6.10 Å². The van der Waals surface area contributed by atoms with Crippen LogP contribution in [-0.2, 0) is 0 Å². The van der Waals surface area contributed by atoms with E-state index in [1.807, 2.05) is 0 Å². The normalized spacial score (nSPS) is 35.1. The third-order valence-electron chi connectivity index (χ3n) is 3.65. The van der Waals surface area contributed by atoms with Gasteiger partial charge in [0.2, 0.25) is 0 Å². The van der Waals surface area contributed by atoms with Gasteiger partial charge in [0, 0.05) is 0 Å². The summed E-state index contributed by atoms with van der Waals surface area (Å²) in [5.41, 5.74) is 2.80. The number of allylic oxidation sites excluding steroid dienone is 3. The highest BCUT2D eigenvalue weighted by atomic mass is 16.3. The molecule has 1 rings (SSSR count). The summed E-state index contributed by atoms with van der Waals surface area (Å²) < 4.78 is 0. The summed E-state index contributed by atoms with van der Waals surface area (Å²) >= 11 is 0. The average Bonchev–Trinajstić information content (AvgIpc) is 2.16. The van der Waals surface area contributed by atoms with Crippen LogP contribution in [0.3, 0.4) is 0 Å². The van der Waals surface area contributed by atoms with Crippen LogP contribution in [0.1, 0.15) is 53.4 Å². The van der Waals surface area contributed by atoms with Gasteiger partial charge in [0.1, 0.15) is 0 Å². The second-order valence-corrected chi connectivity index (χ2v) is 5.54. The van der Waals surface area contributed by atoms with E-state index in [1.54, 1.807) is 0 Å². The van der Waals surface area contributed by atoms with Crippen LogP contribution in [0.4, 0.5) is 0 Å². The van der Waals surface area contributed by atoms with E-state index in [0.717, 1.165) is 25.7 Å². The molecule has 0 aromatic carbocycles. The molecule has 16 heavy (non-hydrogen) atoms. The molecule has 0 saturated carbocycles. The van der Waals surface area contributed by atoms with Crippen LogP contribution in [0.5, 0.6) is 0 Å². The largest absolute Gasteiger partial charge is 0.389 e. The van der Waals surface area contributed by atoms with E-state index in [9.17, 15) is 5.11 Å². The van der Waals surface area contributed by atoms with Crippen LogP contribution < -0.4 is 0 Å². The van der Waals surface area contributed by atoms with Gasteiger partial charge in [0.25, 0.3) is 0 Å². The first-order valence-corrected chi connectivity index (χ1v) is 6.51. The Bertz CT molecular complexity index is 273. The fourth-order valence-electron chi connectivity index (χ4n) is 2.44. The number of rotatable bonds is 1. The van der Waals surface area contributed by atoms with Gasteiger partial charge in [-0.1, -0.05) is 37.1 Å². The number of hydrogen-bond donors (Lipinski definition) is 1. The van der Waals surface area contributed by atoms with Gasteiger partial charge < -0.3 is 5.11 Å². The van der Waals surface area contributed by atoms with Crippen molar-refractivity contribution >= 4 is 0 Å². The zero-order valence-electron chi connectivity index (χ0n) is 11.2. The van der Waals surface area contributed by atoms with Gasteiger partial charge in [-0.2, -0.15) is 0 Å². The molecule has 0 spiro atoms. The summed E-state index contributed by atoms with van der Waals surface area (Å²) in [5, 5.41) is 10.2. The summed E-state index contributed by atoms with van der Waals surface area (Å²) in [6.45, 7) is 8.76. The van der Waals surface area contributed by atoms with Crippen LogP contribution >= 0.6 is 0 Å². The lowest BCUT2D eigenvalue weighted by Gasteiger charge is -2.26. The van der Waals surface area contributed by atoms with Crippen molar-refractivity contribution in [2.45, 2.75) is 59.5 Å². The van der Waals surface area contributed by atoms with Crippen molar-refractivity contribution in [3.05, 3.63) is 23.3 Å². The first kappa shape index (κ1) is 13.5. The van der Waals surface area contributed by atoms with Gasteiger partial charge in [0.15, 0.2) is 0 Å². The minimum Gasteiger partial charge on any atom is -0.389 e. The summed E-state index contributed by atoms with van der Waals surface area (Å²) in [6, 6.07) is 0. The molecule has 0 amide bonds. The van der Waals surface area contributed by atoms with Crippen LogP contribution in [-0.4, -0.2) is 11.2 Å². The van der Waals surface area contributed by atoms with Gasteiger partial charge in [-0.25, -0.2) is 0 Å². The molecule has 1 heteroatoms. The lowest BCUT2D eigenvalue weighted by atomic mass is 9.83. The molecule has 0 aromatic heterocycles. The maximum atomic E-state index is 10.2. The molecule has 92 valence electrons. The van der Waals surface area contributed by atoms with E-state index in [4.69, 9.17) is 0 Å². The highest BCUT2D eigenvalue weighted by Crippen LogP contribution is 2.26. The van der Waals surface area contributed by atoms with E-state index < -0.39 is 0 Å². The molecule has 0 unspecified atom stereocenters. The van der Waals surface area contributed by atoms with E-state index in [0.29, 0.717) is 11.8 Å². The number of aliphatic hydroxyl groups is 1. The summed E-state index contributed by atoms with van der Waals surface area (Å²) in [7, 11) is 0. The Balaban J connectivity index is 2.81. The first-order chi connectivity index (χ1) is 7.50. The Hall–Kier alpha value is -0.560. The molecular weight excluding hydrogens is 196 g/mol. The SMILES string of the molecule is C/C1=C/[C@@H](O)[C@@H](C(C)C)CC/C(C)=C/CC1.